The van der Waals surface area contributed by atoms with Crippen molar-refractivity contribution >= 4 is 22.8 Å². The van der Waals surface area contributed by atoms with Gasteiger partial charge in [0.2, 0.25) is 6.79 Å². The monoisotopic (exact) mass is 456 g/mol. The van der Waals surface area contributed by atoms with E-state index < -0.39 is 0 Å². The molecule has 0 aliphatic carbocycles. The molecule has 2 aliphatic heterocycles. The fourth-order valence-corrected chi connectivity index (χ4v) is 4.45. The van der Waals surface area contributed by atoms with Crippen LogP contribution in [-0.4, -0.2) is 54.0 Å². The topological polar surface area (TPSA) is 80.1 Å². The molecule has 3 heterocycles. The van der Waals surface area contributed by atoms with Crippen molar-refractivity contribution < 1.29 is 18.8 Å². The summed E-state index contributed by atoms with van der Waals surface area (Å²) >= 11 is 0. The number of urea groups is 1. The van der Waals surface area contributed by atoms with Gasteiger partial charge in [0.15, 0.2) is 22.9 Å². The summed E-state index contributed by atoms with van der Waals surface area (Å²) in [5, 5.41) is 7.68. The van der Waals surface area contributed by atoms with Gasteiger partial charge in [-0.25, -0.2) is 4.79 Å². The summed E-state index contributed by atoms with van der Waals surface area (Å²) in [7, 11) is 0. The highest BCUT2D eigenvalue weighted by atomic mass is 16.7. The minimum absolute atomic E-state index is 0.150. The van der Waals surface area contributed by atoms with E-state index in [1.165, 1.54) is 5.56 Å². The number of piperazine rings is 1. The number of amides is 2. The lowest BCUT2D eigenvalue weighted by atomic mass is 10.0. The molecule has 1 aromatic heterocycles. The predicted octanol–water partition coefficient (Wildman–Crippen LogP) is 4.57. The second kappa shape index (κ2) is 8.72. The Labute approximate surface area is 196 Å². The van der Waals surface area contributed by atoms with Crippen LogP contribution in [0.4, 0.5) is 10.6 Å². The number of carbonyl (C=O) groups is 1. The number of hydrogen-bond donors (Lipinski definition) is 1. The van der Waals surface area contributed by atoms with Crippen molar-refractivity contribution in [3.05, 3.63) is 72.3 Å². The minimum Gasteiger partial charge on any atom is -0.454 e. The molecule has 1 N–H and O–H groups in total. The van der Waals surface area contributed by atoms with Gasteiger partial charge in [-0.2, -0.15) is 0 Å². The van der Waals surface area contributed by atoms with Crippen molar-refractivity contribution in [3.63, 3.8) is 0 Å². The third-order valence-electron chi connectivity index (χ3n) is 6.30. The summed E-state index contributed by atoms with van der Waals surface area (Å²) in [5.74, 6) is 2.04. The van der Waals surface area contributed by atoms with Gasteiger partial charge in [0.25, 0.3) is 0 Å². The van der Waals surface area contributed by atoms with E-state index in [0.717, 1.165) is 47.6 Å². The second-order valence-electron chi connectivity index (χ2n) is 8.49. The highest BCUT2D eigenvalue weighted by Crippen LogP contribution is 2.36. The van der Waals surface area contributed by atoms with Crippen LogP contribution in [0.1, 0.15) is 5.56 Å². The molecule has 8 heteroatoms. The molecular weight excluding hydrogens is 432 g/mol. The van der Waals surface area contributed by atoms with Crippen LogP contribution in [0.3, 0.4) is 0 Å². The lowest BCUT2D eigenvalue weighted by molar-refractivity contribution is 0.143. The number of fused-ring (bicyclic) bond motifs is 2. The van der Waals surface area contributed by atoms with Crippen LogP contribution in [0, 0.1) is 0 Å². The van der Waals surface area contributed by atoms with E-state index >= 15 is 0 Å². The Morgan fingerprint density at radius 3 is 2.62 bits per heavy atom. The zero-order valence-electron chi connectivity index (χ0n) is 18.6. The van der Waals surface area contributed by atoms with E-state index in [1.807, 2.05) is 41.3 Å². The van der Waals surface area contributed by atoms with Crippen LogP contribution in [0.25, 0.3) is 22.1 Å². The lowest BCUT2D eigenvalue weighted by Gasteiger charge is -2.34. The van der Waals surface area contributed by atoms with E-state index in [2.05, 4.69) is 45.7 Å². The first-order valence-corrected chi connectivity index (χ1v) is 11.3. The van der Waals surface area contributed by atoms with Gasteiger partial charge < -0.3 is 18.9 Å². The van der Waals surface area contributed by atoms with E-state index in [4.69, 9.17) is 14.0 Å². The summed E-state index contributed by atoms with van der Waals surface area (Å²) < 4.78 is 16.2. The molecule has 0 saturated carbocycles. The molecule has 0 radical (unpaired) electrons. The first-order chi connectivity index (χ1) is 16.7. The molecule has 172 valence electrons. The number of nitrogens with zero attached hydrogens (tertiary/aromatic N) is 3. The fraction of sp³-hybridized carbons (Fsp3) is 0.231. The van der Waals surface area contributed by atoms with Crippen LogP contribution in [0.15, 0.2) is 71.3 Å². The number of anilines is 1. The second-order valence-corrected chi connectivity index (χ2v) is 8.49. The van der Waals surface area contributed by atoms with Gasteiger partial charge in [-0.05, 0) is 47.0 Å². The van der Waals surface area contributed by atoms with Crippen LogP contribution in [0.2, 0.25) is 0 Å². The summed E-state index contributed by atoms with van der Waals surface area (Å²) in [6.45, 7) is 4.04. The number of carbonyl (C=O) groups excluding carboxylic acids is 1. The Morgan fingerprint density at radius 2 is 1.71 bits per heavy atom. The lowest BCUT2D eigenvalue weighted by Crippen LogP contribution is -2.49. The molecule has 1 fully saturated rings. The smallest absolute Gasteiger partial charge is 0.323 e. The standard InChI is InChI=1S/C26H24N4O4/c31-26(27-25-21-6-1-2-7-22(21)34-28-25)30-12-10-29(11-13-30)16-18-4-3-5-19(14-18)20-8-9-23-24(15-20)33-17-32-23/h1-9,14-15H,10-13,16-17H2,(H,27,28,31). The van der Waals surface area contributed by atoms with Gasteiger partial charge in [-0.3, -0.25) is 10.2 Å². The Hall–Kier alpha value is -4.04. The van der Waals surface area contributed by atoms with Crippen molar-refractivity contribution in [2.24, 2.45) is 0 Å². The summed E-state index contributed by atoms with van der Waals surface area (Å²) in [5.41, 5.74) is 4.15. The average Bonchev–Trinajstić information content (AvgIpc) is 3.51. The SMILES string of the molecule is O=C(Nc1noc2ccccc12)N1CCN(Cc2cccc(-c3ccc4c(c3)OCO4)c2)CC1. The van der Waals surface area contributed by atoms with Gasteiger partial charge in [0.1, 0.15) is 0 Å². The number of aromatic nitrogens is 1. The van der Waals surface area contributed by atoms with Gasteiger partial charge in [-0.1, -0.05) is 41.6 Å². The molecule has 0 bridgehead atoms. The zero-order chi connectivity index (χ0) is 22.9. The van der Waals surface area contributed by atoms with Gasteiger partial charge in [0, 0.05) is 32.7 Å². The number of nitrogens with one attached hydrogen (secondary N) is 1. The molecule has 0 spiro atoms. The molecule has 2 aliphatic rings. The maximum atomic E-state index is 12.8. The van der Waals surface area contributed by atoms with E-state index in [0.29, 0.717) is 24.5 Å². The maximum absolute atomic E-state index is 12.8. The minimum atomic E-state index is -0.150. The van der Waals surface area contributed by atoms with Crippen molar-refractivity contribution in [2.45, 2.75) is 6.54 Å². The quantitative estimate of drug-likeness (QED) is 0.485. The molecule has 3 aromatic carbocycles. The molecule has 2 amide bonds. The molecular formula is C26H24N4O4. The van der Waals surface area contributed by atoms with Crippen LogP contribution >= 0.6 is 0 Å². The first kappa shape index (κ1) is 20.6. The molecule has 34 heavy (non-hydrogen) atoms. The molecule has 8 nitrogen and oxygen atoms in total. The molecule has 0 unspecified atom stereocenters. The average molecular weight is 457 g/mol. The highest BCUT2D eigenvalue weighted by Gasteiger charge is 2.23. The van der Waals surface area contributed by atoms with Crippen molar-refractivity contribution in [2.75, 3.05) is 38.3 Å². The Bertz CT molecular complexity index is 1340. The fourth-order valence-electron chi connectivity index (χ4n) is 4.45. The van der Waals surface area contributed by atoms with Crippen molar-refractivity contribution in [1.29, 1.82) is 0 Å². The Morgan fingerprint density at radius 1 is 0.882 bits per heavy atom. The van der Waals surface area contributed by atoms with Crippen LogP contribution in [-0.2, 0) is 6.54 Å². The largest absolute Gasteiger partial charge is 0.454 e. The number of para-hydroxylation sites is 1. The van der Waals surface area contributed by atoms with E-state index in [9.17, 15) is 4.79 Å². The Balaban J connectivity index is 1.06. The zero-order valence-corrected chi connectivity index (χ0v) is 18.6. The van der Waals surface area contributed by atoms with E-state index in [1.54, 1.807) is 0 Å². The third kappa shape index (κ3) is 4.04. The molecule has 4 aromatic rings. The summed E-state index contributed by atoms with van der Waals surface area (Å²) in [6.07, 6.45) is 0. The molecule has 0 atom stereocenters. The molecule has 6 rings (SSSR count). The Kier molecular flexibility index (Phi) is 5.27. The summed E-state index contributed by atoms with van der Waals surface area (Å²) in [6, 6.07) is 21.9. The number of benzene rings is 3. The number of ether oxygens (including phenoxy) is 2. The number of rotatable bonds is 4. The highest BCUT2D eigenvalue weighted by molar-refractivity contribution is 5.98. The van der Waals surface area contributed by atoms with Gasteiger partial charge >= 0.3 is 6.03 Å². The van der Waals surface area contributed by atoms with Crippen LogP contribution in [0.5, 0.6) is 11.5 Å². The summed E-state index contributed by atoms with van der Waals surface area (Å²) in [4.78, 5) is 16.9. The van der Waals surface area contributed by atoms with Crippen LogP contribution < -0.4 is 14.8 Å². The van der Waals surface area contributed by atoms with Gasteiger partial charge in [0.05, 0.1) is 5.39 Å². The number of hydrogen-bond acceptors (Lipinski definition) is 6. The first-order valence-electron chi connectivity index (χ1n) is 11.3. The maximum Gasteiger partial charge on any atom is 0.323 e. The van der Waals surface area contributed by atoms with E-state index in [-0.39, 0.29) is 12.8 Å². The third-order valence-corrected chi connectivity index (χ3v) is 6.30. The normalized spacial score (nSPS) is 15.6. The van der Waals surface area contributed by atoms with Gasteiger partial charge in [-0.15, -0.1) is 0 Å². The van der Waals surface area contributed by atoms with Crippen molar-refractivity contribution in [1.82, 2.24) is 15.0 Å². The van der Waals surface area contributed by atoms with Crippen molar-refractivity contribution in [3.8, 4) is 22.6 Å². The molecule has 1 saturated heterocycles. The predicted molar refractivity (Wildman–Crippen MR) is 128 cm³/mol.